The van der Waals surface area contributed by atoms with Gasteiger partial charge in [0.15, 0.2) is 0 Å². The lowest BCUT2D eigenvalue weighted by Crippen LogP contribution is -2.41. The third-order valence-corrected chi connectivity index (χ3v) is 2.77. The van der Waals surface area contributed by atoms with Crippen molar-refractivity contribution in [3.63, 3.8) is 0 Å². The van der Waals surface area contributed by atoms with Crippen LogP contribution in [0, 0.1) is 0 Å². The normalized spacial score (nSPS) is 12.4. The Morgan fingerprint density at radius 3 is 2.42 bits per heavy atom. The zero-order valence-electron chi connectivity index (χ0n) is 12.6. The number of hydrogen-bond donors (Lipinski definition) is 1. The Kier molecular flexibility index (Phi) is 5.75. The number of likely N-dealkylation sites (N-methyl/N-ethyl adjacent to an activating group) is 2. The van der Waals surface area contributed by atoms with Gasteiger partial charge in [-0.25, -0.2) is 0 Å². The smallest absolute Gasteiger partial charge is 0.322 e. The Labute approximate surface area is 115 Å². The van der Waals surface area contributed by atoms with Crippen LogP contribution in [-0.2, 0) is 0 Å². The van der Waals surface area contributed by atoms with E-state index in [2.05, 4.69) is 58.0 Å². The number of methoxy groups -OCH3 is 1. The second kappa shape index (κ2) is 7.08. The summed E-state index contributed by atoms with van der Waals surface area (Å²) in [5.74, 6) is 1.14. The number of rotatable bonds is 7. The van der Waals surface area contributed by atoms with Crippen molar-refractivity contribution in [3.05, 3.63) is 0 Å². The van der Waals surface area contributed by atoms with Gasteiger partial charge in [0.05, 0.1) is 7.11 Å². The predicted molar refractivity (Wildman–Crippen MR) is 77.0 cm³/mol. The average molecular weight is 268 g/mol. The van der Waals surface area contributed by atoms with Crippen molar-refractivity contribution in [2.75, 3.05) is 51.6 Å². The summed E-state index contributed by atoms with van der Waals surface area (Å²) in [5.41, 5.74) is 0. The molecule has 19 heavy (non-hydrogen) atoms. The maximum Gasteiger partial charge on any atom is 0.322 e. The summed E-state index contributed by atoms with van der Waals surface area (Å²) in [7, 11) is 7.44. The Hall–Kier alpha value is -1.63. The van der Waals surface area contributed by atoms with E-state index in [1.54, 1.807) is 14.2 Å². The van der Waals surface area contributed by atoms with Gasteiger partial charge in [0, 0.05) is 26.2 Å². The highest BCUT2D eigenvalue weighted by atomic mass is 16.5. The third kappa shape index (κ3) is 4.20. The van der Waals surface area contributed by atoms with E-state index >= 15 is 0 Å². The molecule has 0 amide bonds. The summed E-state index contributed by atoms with van der Waals surface area (Å²) < 4.78 is 5.11. The van der Waals surface area contributed by atoms with Crippen LogP contribution in [0.15, 0.2) is 0 Å². The lowest BCUT2D eigenvalue weighted by Gasteiger charge is -2.30. The standard InChI is InChI=1S/C12H24N6O/c1-7-18(9(2)8-17(4)5)11-14-10(13-3)15-12(16-11)19-6/h9H,7-8H2,1-6H3,(H,13,14,15,16). The predicted octanol–water partition coefficient (Wildman–Crippen LogP) is 0.698. The number of nitrogens with zero attached hydrogens (tertiary/aromatic N) is 5. The van der Waals surface area contributed by atoms with Crippen LogP contribution in [0.4, 0.5) is 11.9 Å². The summed E-state index contributed by atoms with van der Waals surface area (Å²) >= 11 is 0. The van der Waals surface area contributed by atoms with Gasteiger partial charge in [-0.05, 0) is 27.9 Å². The van der Waals surface area contributed by atoms with Crippen molar-refractivity contribution in [1.82, 2.24) is 19.9 Å². The summed E-state index contributed by atoms with van der Waals surface area (Å²) in [5, 5.41) is 2.92. The molecule has 108 valence electrons. The van der Waals surface area contributed by atoms with Crippen LogP contribution in [0.25, 0.3) is 0 Å². The maximum absolute atomic E-state index is 5.11. The molecule has 0 aromatic carbocycles. The van der Waals surface area contributed by atoms with Crippen LogP contribution in [0.3, 0.4) is 0 Å². The quantitative estimate of drug-likeness (QED) is 0.780. The first-order chi connectivity index (χ1) is 9.01. The lowest BCUT2D eigenvalue weighted by atomic mass is 10.3. The first-order valence-electron chi connectivity index (χ1n) is 6.41. The SMILES string of the molecule is CCN(c1nc(NC)nc(OC)n1)C(C)CN(C)C. The molecule has 1 heterocycles. The summed E-state index contributed by atoms with van der Waals surface area (Å²) in [6.07, 6.45) is 0. The van der Waals surface area contributed by atoms with E-state index in [9.17, 15) is 0 Å². The fourth-order valence-electron chi connectivity index (χ4n) is 1.95. The summed E-state index contributed by atoms with van der Waals surface area (Å²) in [6, 6.07) is 0.627. The van der Waals surface area contributed by atoms with Gasteiger partial charge in [-0.15, -0.1) is 0 Å². The van der Waals surface area contributed by atoms with E-state index < -0.39 is 0 Å². The summed E-state index contributed by atoms with van der Waals surface area (Å²) in [4.78, 5) is 17.1. The molecule has 1 atom stereocenters. The van der Waals surface area contributed by atoms with E-state index in [0.29, 0.717) is 23.9 Å². The van der Waals surface area contributed by atoms with Gasteiger partial charge in [0.1, 0.15) is 0 Å². The third-order valence-electron chi connectivity index (χ3n) is 2.77. The second-order valence-corrected chi connectivity index (χ2v) is 4.59. The molecule has 1 rings (SSSR count). The monoisotopic (exact) mass is 268 g/mol. The van der Waals surface area contributed by atoms with Gasteiger partial charge in [-0.1, -0.05) is 0 Å². The molecule has 1 N–H and O–H groups in total. The maximum atomic E-state index is 5.11. The van der Waals surface area contributed by atoms with Gasteiger partial charge < -0.3 is 19.9 Å². The number of ether oxygens (including phenoxy) is 1. The van der Waals surface area contributed by atoms with Crippen molar-refractivity contribution in [3.8, 4) is 6.01 Å². The van der Waals surface area contributed by atoms with Gasteiger partial charge >= 0.3 is 6.01 Å². The Balaban J connectivity index is 3.02. The minimum atomic E-state index is 0.303. The molecule has 7 nitrogen and oxygen atoms in total. The number of anilines is 2. The van der Waals surface area contributed by atoms with Crippen LogP contribution in [-0.4, -0.2) is 67.2 Å². The van der Waals surface area contributed by atoms with Crippen LogP contribution in [0.1, 0.15) is 13.8 Å². The molecule has 0 aliphatic rings. The molecule has 0 bridgehead atoms. The molecule has 1 aromatic heterocycles. The fourth-order valence-corrected chi connectivity index (χ4v) is 1.95. The van der Waals surface area contributed by atoms with Gasteiger partial charge in [-0.2, -0.15) is 15.0 Å². The molecule has 0 aliphatic carbocycles. The van der Waals surface area contributed by atoms with Crippen molar-refractivity contribution < 1.29 is 4.74 Å². The molecule has 0 aliphatic heterocycles. The van der Waals surface area contributed by atoms with Crippen molar-refractivity contribution in [2.24, 2.45) is 0 Å². The van der Waals surface area contributed by atoms with Gasteiger partial charge in [-0.3, -0.25) is 0 Å². The van der Waals surface area contributed by atoms with E-state index in [1.165, 1.54) is 0 Å². The van der Waals surface area contributed by atoms with E-state index in [1.807, 2.05) is 0 Å². The largest absolute Gasteiger partial charge is 0.467 e. The molecule has 0 radical (unpaired) electrons. The number of nitrogens with one attached hydrogen (secondary N) is 1. The molecule has 0 fully saturated rings. The number of aromatic nitrogens is 3. The highest BCUT2D eigenvalue weighted by molar-refractivity contribution is 5.38. The highest BCUT2D eigenvalue weighted by Gasteiger charge is 2.18. The zero-order chi connectivity index (χ0) is 14.4. The van der Waals surface area contributed by atoms with Crippen molar-refractivity contribution in [1.29, 1.82) is 0 Å². The highest BCUT2D eigenvalue weighted by Crippen LogP contribution is 2.16. The second-order valence-electron chi connectivity index (χ2n) is 4.59. The Morgan fingerprint density at radius 2 is 1.95 bits per heavy atom. The van der Waals surface area contributed by atoms with Gasteiger partial charge in [0.2, 0.25) is 11.9 Å². The number of hydrogen-bond acceptors (Lipinski definition) is 7. The van der Waals surface area contributed by atoms with Crippen LogP contribution in [0.2, 0.25) is 0 Å². The lowest BCUT2D eigenvalue weighted by molar-refractivity contribution is 0.365. The van der Waals surface area contributed by atoms with Crippen LogP contribution < -0.4 is 15.0 Å². The molecule has 7 heteroatoms. The van der Waals surface area contributed by atoms with Crippen molar-refractivity contribution >= 4 is 11.9 Å². The molecule has 1 aromatic rings. The first kappa shape index (κ1) is 15.4. The Morgan fingerprint density at radius 1 is 1.26 bits per heavy atom. The molecular weight excluding hydrogens is 244 g/mol. The van der Waals surface area contributed by atoms with E-state index in [0.717, 1.165) is 13.1 Å². The van der Waals surface area contributed by atoms with Gasteiger partial charge in [0.25, 0.3) is 0 Å². The summed E-state index contributed by atoms with van der Waals surface area (Å²) in [6.45, 7) is 5.99. The molecule has 0 spiro atoms. The average Bonchev–Trinajstić information content (AvgIpc) is 2.38. The molecule has 1 unspecified atom stereocenters. The Bertz CT molecular complexity index is 376. The molecular formula is C12H24N6O. The van der Waals surface area contributed by atoms with Crippen molar-refractivity contribution in [2.45, 2.75) is 19.9 Å². The molecule has 0 saturated carbocycles. The van der Waals surface area contributed by atoms with Crippen LogP contribution >= 0.6 is 0 Å². The minimum absolute atomic E-state index is 0.303. The molecule has 0 saturated heterocycles. The van der Waals surface area contributed by atoms with E-state index in [4.69, 9.17) is 4.74 Å². The first-order valence-corrected chi connectivity index (χ1v) is 6.41. The zero-order valence-corrected chi connectivity index (χ0v) is 12.6. The minimum Gasteiger partial charge on any atom is -0.467 e. The van der Waals surface area contributed by atoms with Crippen LogP contribution in [0.5, 0.6) is 6.01 Å². The topological polar surface area (TPSA) is 66.4 Å². The fraction of sp³-hybridized carbons (Fsp3) is 0.750. The van der Waals surface area contributed by atoms with E-state index in [-0.39, 0.29) is 0 Å².